The van der Waals surface area contributed by atoms with Crippen molar-refractivity contribution in [3.05, 3.63) is 0 Å². The first-order valence-electron chi connectivity index (χ1n) is 13.5. The number of nitrogens with zero attached hydrogens (tertiary/aromatic N) is 1. The average Bonchev–Trinajstić information content (AvgIpc) is 2.79. The molecular formula is C27H51N3O6. The molecule has 9 heteroatoms. The van der Waals surface area contributed by atoms with Gasteiger partial charge in [0.1, 0.15) is 5.60 Å². The molecule has 0 radical (unpaired) electrons. The first kappa shape index (κ1) is 33.8. The largest absolute Gasteiger partial charge is 0.469 e. The summed E-state index contributed by atoms with van der Waals surface area (Å²) < 4.78 is 10.2. The molecule has 2 atom stereocenters. The van der Waals surface area contributed by atoms with Crippen LogP contribution in [0, 0.1) is 0 Å². The molecule has 210 valence electrons. The van der Waals surface area contributed by atoms with Gasteiger partial charge in [-0.3, -0.25) is 14.4 Å². The number of ether oxygens (including phenoxy) is 2. The quantitative estimate of drug-likeness (QED) is 0.151. The van der Waals surface area contributed by atoms with E-state index in [0.717, 1.165) is 25.7 Å². The zero-order valence-corrected chi connectivity index (χ0v) is 23.5. The lowest BCUT2D eigenvalue weighted by Crippen LogP contribution is -2.64. The van der Waals surface area contributed by atoms with Crippen LogP contribution in [0.25, 0.3) is 0 Å². The van der Waals surface area contributed by atoms with E-state index >= 15 is 0 Å². The first-order valence-corrected chi connectivity index (χ1v) is 13.5. The number of rotatable bonds is 19. The molecule has 0 aromatic heterocycles. The minimum absolute atomic E-state index is 0.00582. The number of amides is 2. The summed E-state index contributed by atoms with van der Waals surface area (Å²) >= 11 is 0. The third kappa shape index (κ3) is 13.2. The van der Waals surface area contributed by atoms with Crippen molar-refractivity contribution < 1.29 is 28.7 Å². The Kier molecular flexibility index (Phi) is 16.3. The number of unbranched alkanes of at least 4 members (excludes halogenated alkanes) is 6. The van der Waals surface area contributed by atoms with Crippen LogP contribution in [-0.4, -0.2) is 59.5 Å². The van der Waals surface area contributed by atoms with Crippen molar-refractivity contribution in [3.63, 3.8) is 0 Å². The van der Waals surface area contributed by atoms with Crippen LogP contribution in [0.4, 0.5) is 0 Å². The van der Waals surface area contributed by atoms with Crippen LogP contribution in [0.5, 0.6) is 0 Å². The lowest BCUT2D eigenvalue weighted by atomic mass is 9.89. The minimum atomic E-state index is -1.99. The van der Waals surface area contributed by atoms with Gasteiger partial charge >= 0.3 is 11.9 Å². The average molecular weight is 514 g/mol. The van der Waals surface area contributed by atoms with Crippen LogP contribution in [0.2, 0.25) is 0 Å². The molecule has 0 aromatic rings. The smallest absolute Gasteiger partial charge is 0.336 e. The molecule has 0 aliphatic heterocycles. The lowest BCUT2D eigenvalue weighted by Gasteiger charge is -2.38. The van der Waals surface area contributed by atoms with Crippen molar-refractivity contribution in [2.45, 2.75) is 135 Å². The summed E-state index contributed by atoms with van der Waals surface area (Å²) in [6.07, 6.45) is 9.01. The van der Waals surface area contributed by atoms with E-state index in [4.69, 9.17) is 16.2 Å². The Balaban J connectivity index is 5.79. The summed E-state index contributed by atoms with van der Waals surface area (Å²) in [6, 6.07) is -0.462. The van der Waals surface area contributed by atoms with Crippen LogP contribution in [-0.2, 0) is 28.7 Å². The van der Waals surface area contributed by atoms with Crippen molar-refractivity contribution in [2.24, 2.45) is 11.5 Å². The van der Waals surface area contributed by atoms with Gasteiger partial charge < -0.3 is 25.8 Å². The zero-order chi connectivity index (χ0) is 27.8. The Hall–Kier alpha value is -2.16. The molecule has 0 rings (SSSR count). The standard InChI is InChI=1S/C27H51N3O6/c1-7-9-10-11-12-13-14-16-21(20-22(28)31)30(19-8-2)24(33)27(29,18-15-17-23(32)35-6)25(34)36-26(3,4)5/h21H,7-20,29H2,1-6H3,(H2,28,31)/t21-,27-/m0/s1. The number of hydrogen-bond acceptors (Lipinski definition) is 7. The second-order valence-corrected chi connectivity index (χ2v) is 10.6. The van der Waals surface area contributed by atoms with Gasteiger partial charge in [-0.15, -0.1) is 0 Å². The zero-order valence-electron chi connectivity index (χ0n) is 23.5. The van der Waals surface area contributed by atoms with Gasteiger partial charge in [-0.05, 0) is 46.5 Å². The molecule has 0 saturated carbocycles. The van der Waals surface area contributed by atoms with E-state index in [0.29, 0.717) is 19.4 Å². The van der Waals surface area contributed by atoms with Crippen molar-refractivity contribution in [2.75, 3.05) is 13.7 Å². The van der Waals surface area contributed by atoms with E-state index in [1.807, 2.05) is 6.92 Å². The molecule has 0 fully saturated rings. The molecule has 9 nitrogen and oxygen atoms in total. The molecule has 0 aromatic carbocycles. The fraction of sp³-hybridized carbons (Fsp3) is 0.852. The predicted octanol–water partition coefficient (Wildman–Crippen LogP) is 3.99. The van der Waals surface area contributed by atoms with Crippen LogP contribution in [0.1, 0.15) is 118 Å². The summed E-state index contributed by atoms with van der Waals surface area (Å²) in [5.41, 5.74) is 9.20. The highest BCUT2D eigenvalue weighted by molar-refractivity contribution is 6.07. The van der Waals surface area contributed by atoms with Crippen molar-refractivity contribution in [1.82, 2.24) is 4.90 Å². The van der Waals surface area contributed by atoms with Crippen LogP contribution in [0.3, 0.4) is 0 Å². The monoisotopic (exact) mass is 513 g/mol. The molecule has 2 amide bonds. The van der Waals surface area contributed by atoms with Gasteiger partial charge in [0.05, 0.1) is 7.11 Å². The molecular weight excluding hydrogens is 462 g/mol. The van der Waals surface area contributed by atoms with Crippen molar-refractivity contribution in [1.29, 1.82) is 0 Å². The number of nitrogens with two attached hydrogens (primary N) is 2. The number of esters is 2. The van der Waals surface area contributed by atoms with Crippen LogP contribution >= 0.6 is 0 Å². The number of primary amides is 1. The SMILES string of the molecule is CCCCCCCCC[C@@H](CC(N)=O)N(CCC)C(=O)[C@@](N)(CCCC(=O)OC)C(=O)OC(C)(C)C. The molecule has 0 heterocycles. The Morgan fingerprint density at radius 1 is 0.889 bits per heavy atom. The Bertz CT molecular complexity index is 691. The Labute approximate surface area is 218 Å². The van der Waals surface area contributed by atoms with Crippen LogP contribution < -0.4 is 11.5 Å². The maximum Gasteiger partial charge on any atom is 0.336 e. The third-order valence-electron chi connectivity index (χ3n) is 6.07. The number of methoxy groups -OCH3 is 1. The van der Waals surface area contributed by atoms with Crippen molar-refractivity contribution in [3.8, 4) is 0 Å². The van der Waals surface area contributed by atoms with Gasteiger partial charge in [0.15, 0.2) is 5.54 Å². The van der Waals surface area contributed by atoms with Gasteiger partial charge in [0.2, 0.25) is 5.91 Å². The fourth-order valence-electron chi connectivity index (χ4n) is 4.16. The van der Waals surface area contributed by atoms with E-state index in [-0.39, 0.29) is 25.7 Å². The highest BCUT2D eigenvalue weighted by Gasteiger charge is 2.48. The number of carbonyl (C=O) groups excluding carboxylic acids is 4. The molecule has 0 unspecified atom stereocenters. The maximum absolute atomic E-state index is 13.9. The van der Waals surface area contributed by atoms with Gasteiger partial charge in [0, 0.05) is 25.4 Å². The second-order valence-electron chi connectivity index (χ2n) is 10.6. The number of hydrogen-bond donors (Lipinski definition) is 2. The molecule has 0 spiro atoms. The number of carbonyl (C=O) groups is 4. The summed E-state index contributed by atoms with van der Waals surface area (Å²) in [7, 11) is 1.28. The third-order valence-corrected chi connectivity index (χ3v) is 6.07. The molecule has 0 aliphatic rings. The fourth-order valence-corrected chi connectivity index (χ4v) is 4.16. The summed E-state index contributed by atoms with van der Waals surface area (Å²) in [5, 5.41) is 0. The summed E-state index contributed by atoms with van der Waals surface area (Å²) in [5.74, 6) is -2.41. The molecule has 36 heavy (non-hydrogen) atoms. The van der Waals surface area contributed by atoms with Gasteiger partial charge in [-0.1, -0.05) is 58.8 Å². The summed E-state index contributed by atoms with van der Waals surface area (Å²) in [6.45, 7) is 9.52. The molecule has 4 N–H and O–H groups in total. The van der Waals surface area contributed by atoms with E-state index < -0.39 is 40.9 Å². The summed E-state index contributed by atoms with van der Waals surface area (Å²) in [4.78, 5) is 52.2. The minimum Gasteiger partial charge on any atom is -0.469 e. The maximum atomic E-state index is 13.9. The van der Waals surface area contributed by atoms with E-state index in [1.165, 1.54) is 31.3 Å². The van der Waals surface area contributed by atoms with E-state index in [2.05, 4.69) is 11.7 Å². The second kappa shape index (κ2) is 17.3. The van der Waals surface area contributed by atoms with Gasteiger partial charge in [-0.2, -0.15) is 0 Å². The highest BCUT2D eigenvalue weighted by atomic mass is 16.6. The molecule has 0 saturated heterocycles. The predicted molar refractivity (Wildman–Crippen MR) is 141 cm³/mol. The van der Waals surface area contributed by atoms with E-state index in [1.54, 1.807) is 20.8 Å². The molecule has 0 bridgehead atoms. The Morgan fingerprint density at radius 3 is 1.97 bits per heavy atom. The van der Waals surface area contributed by atoms with Gasteiger partial charge in [0.25, 0.3) is 5.91 Å². The van der Waals surface area contributed by atoms with Gasteiger partial charge in [-0.25, -0.2) is 4.79 Å². The lowest BCUT2D eigenvalue weighted by molar-refractivity contribution is -0.168. The normalized spacial score (nSPS) is 14.0. The van der Waals surface area contributed by atoms with Crippen LogP contribution in [0.15, 0.2) is 0 Å². The first-order chi connectivity index (χ1) is 16.8. The highest BCUT2D eigenvalue weighted by Crippen LogP contribution is 2.25. The Morgan fingerprint density at radius 2 is 1.47 bits per heavy atom. The van der Waals surface area contributed by atoms with Crippen molar-refractivity contribution >= 4 is 23.8 Å². The molecule has 0 aliphatic carbocycles. The topological polar surface area (TPSA) is 142 Å². The van der Waals surface area contributed by atoms with E-state index in [9.17, 15) is 19.2 Å².